The van der Waals surface area contributed by atoms with Gasteiger partial charge in [-0.1, -0.05) is 12.1 Å². The van der Waals surface area contributed by atoms with Crippen LogP contribution >= 0.6 is 0 Å². The van der Waals surface area contributed by atoms with Gasteiger partial charge in [0.25, 0.3) is 0 Å². The van der Waals surface area contributed by atoms with E-state index in [0.29, 0.717) is 29.1 Å². The first-order valence-electron chi connectivity index (χ1n) is 8.70. The third-order valence-corrected chi connectivity index (χ3v) is 4.93. The number of aromatic amines is 1. The Kier molecular flexibility index (Phi) is 3.31. The molecule has 0 saturated heterocycles. The number of hydrogen-bond donors (Lipinski definition) is 2. The molecule has 1 aliphatic carbocycles. The first-order chi connectivity index (χ1) is 12.8. The highest BCUT2D eigenvalue weighted by molar-refractivity contribution is 5.96. The molecular formula is C18H17N5O3. The van der Waals surface area contributed by atoms with Crippen LogP contribution in [0, 0.1) is 5.92 Å². The SMILES string of the molecule is CCOC(=O)C1=C(C2CC2)Nc2[nH]ncc2C1c1cccc2nonc12. The van der Waals surface area contributed by atoms with Gasteiger partial charge < -0.3 is 10.1 Å². The molecule has 1 fully saturated rings. The van der Waals surface area contributed by atoms with E-state index in [9.17, 15) is 4.79 Å². The summed E-state index contributed by atoms with van der Waals surface area (Å²) in [4.78, 5) is 12.9. The molecule has 2 N–H and O–H groups in total. The van der Waals surface area contributed by atoms with Crippen LogP contribution in [0.15, 0.2) is 40.3 Å². The van der Waals surface area contributed by atoms with Gasteiger partial charge in [0.2, 0.25) is 0 Å². The molecule has 0 spiro atoms. The van der Waals surface area contributed by atoms with Gasteiger partial charge in [-0.25, -0.2) is 9.42 Å². The molecule has 1 atom stereocenters. The average Bonchev–Trinajstić information content (AvgIpc) is 3.19. The molecular weight excluding hydrogens is 334 g/mol. The normalized spacial score (nSPS) is 19.3. The molecule has 5 rings (SSSR count). The van der Waals surface area contributed by atoms with Crippen molar-refractivity contribution in [3.05, 3.63) is 46.8 Å². The zero-order chi connectivity index (χ0) is 17.7. The van der Waals surface area contributed by atoms with Crippen LogP contribution in [0.1, 0.15) is 36.8 Å². The van der Waals surface area contributed by atoms with Gasteiger partial charge in [-0.05, 0) is 47.6 Å². The number of carbonyl (C=O) groups is 1. The standard InChI is InChI=1S/C18H17N5O3/c1-2-25-18(24)14-13(10-4-3-5-12-16(10)23-26-22-12)11-8-19-21-17(11)20-15(14)9-6-7-9/h3-5,8-9,13H,2,6-7H2,1H3,(H2,19,20,21). The number of rotatable bonds is 4. The lowest BCUT2D eigenvalue weighted by molar-refractivity contribution is -0.138. The molecule has 1 saturated carbocycles. The number of allylic oxidation sites excluding steroid dienone is 1. The largest absolute Gasteiger partial charge is 0.463 e. The summed E-state index contributed by atoms with van der Waals surface area (Å²) in [7, 11) is 0. The molecule has 26 heavy (non-hydrogen) atoms. The van der Waals surface area contributed by atoms with Gasteiger partial charge in [-0.3, -0.25) is 5.10 Å². The third-order valence-electron chi connectivity index (χ3n) is 4.93. The summed E-state index contributed by atoms with van der Waals surface area (Å²) in [5.74, 6) is 0.490. The average molecular weight is 351 g/mol. The van der Waals surface area contributed by atoms with Gasteiger partial charge >= 0.3 is 5.97 Å². The van der Waals surface area contributed by atoms with E-state index in [0.717, 1.165) is 35.5 Å². The summed E-state index contributed by atoms with van der Waals surface area (Å²) in [5, 5.41) is 18.5. The summed E-state index contributed by atoms with van der Waals surface area (Å²) in [5.41, 5.74) is 4.57. The minimum Gasteiger partial charge on any atom is -0.463 e. The number of hydrogen-bond acceptors (Lipinski definition) is 7. The van der Waals surface area contributed by atoms with E-state index in [-0.39, 0.29) is 11.9 Å². The fourth-order valence-corrected chi connectivity index (χ4v) is 3.64. The molecule has 3 aromatic rings. The fraction of sp³-hybridized carbons (Fsp3) is 0.333. The molecule has 1 aliphatic heterocycles. The number of fused-ring (bicyclic) bond motifs is 2. The smallest absolute Gasteiger partial charge is 0.336 e. The second-order valence-corrected chi connectivity index (χ2v) is 6.56. The molecule has 8 heteroatoms. The monoisotopic (exact) mass is 351 g/mol. The van der Waals surface area contributed by atoms with E-state index < -0.39 is 0 Å². The first kappa shape index (κ1) is 15.1. The Bertz CT molecular complexity index is 1030. The van der Waals surface area contributed by atoms with Gasteiger partial charge in [-0.15, -0.1) is 0 Å². The van der Waals surface area contributed by atoms with Crippen LogP contribution in [0.2, 0.25) is 0 Å². The summed E-state index contributed by atoms with van der Waals surface area (Å²) >= 11 is 0. The number of nitrogens with zero attached hydrogens (tertiary/aromatic N) is 3. The van der Waals surface area contributed by atoms with Crippen molar-refractivity contribution in [3.8, 4) is 0 Å². The number of nitrogens with one attached hydrogen (secondary N) is 2. The Morgan fingerprint density at radius 2 is 2.19 bits per heavy atom. The Morgan fingerprint density at radius 1 is 1.31 bits per heavy atom. The van der Waals surface area contributed by atoms with Crippen molar-refractivity contribution in [1.82, 2.24) is 20.5 Å². The maximum absolute atomic E-state index is 12.9. The lowest BCUT2D eigenvalue weighted by atomic mass is 9.81. The van der Waals surface area contributed by atoms with E-state index >= 15 is 0 Å². The Morgan fingerprint density at radius 3 is 3.00 bits per heavy atom. The van der Waals surface area contributed by atoms with Gasteiger partial charge in [0.1, 0.15) is 16.9 Å². The van der Waals surface area contributed by atoms with Crippen molar-refractivity contribution in [2.24, 2.45) is 5.92 Å². The van der Waals surface area contributed by atoms with E-state index in [1.807, 2.05) is 25.1 Å². The van der Waals surface area contributed by atoms with Crippen molar-refractivity contribution in [2.75, 3.05) is 11.9 Å². The van der Waals surface area contributed by atoms with Gasteiger partial charge in [0, 0.05) is 11.3 Å². The van der Waals surface area contributed by atoms with Crippen molar-refractivity contribution < 1.29 is 14.2 Å². The molecule has 2 aromatic heterocycles. The minimum atomic E-state index is -0.338. The second-order valence-electron chi connectivity index (χ2n) is 6.56. The third kappa shape index (κ3) is 2.22. The van der Waals surface area contributed by atoms with Crippen LogP contribution in [0.25, 0.3) is 11.0 Å². The quantitative estimate of drug-likeness (QED) is 0.696. The van der Waals surface area contributed by atoms with Gasteiger partial charge in [0.15, 0.2) is 0 Å². The summed E-state index contributed by atoms with van der Waals surface area (Å²) < 4.78 is 10.3. The van der Waals surface area contributed by atoms with Crippen molar-refractivity contribution in [3.63, 3.8) is 0 Å². The number of anilines is 1. The van der Waals surface area contributed by atoms with E-state index in [1.165, 1.54) is 0 Å². The molecule has 8 nitrogen and oxygen atoms in total. The van der Waals surface area contributed by atoms with Crippen LogP contribution in [0.5, 0.6) is 0 Å². The molecule has 132 valence electrons. The highest BCUT2D eigenvalue weighted by Gasteiger charge is 2.41. The molecule has 3 heterocycles. The number of carbonyl (C=O) groups excluding carboxylic acids is 1. The Labute approximate surface area is 148 Å². The maximum atomic E-state index is 12.9. The molecule has 1 unspecified atom stereocenters. The number of ether oxygens (including phenoxy) is 1. The summed E-state index contributed by atoms with van der Waals surface area (Å²) in [6.45, 7) is 2.13. The van der Waals surface area contributed by atoms with Crippen LogP contribution in [-0.4, -0.2) is 33.1 Å². The zero-order valence-corrected chi connectivity index (χ0v) is 14.2. The van der Waals surface area contributed by atoms with E-state index in [4.69, 9.17) is 9.37 Å². The molecule has 1 aromatic carbocycles. The zero-order valence-electron chi connectivity index (χ0n) is 14.2. The molecule has 0 bridgehead atoms. The van der Waals surface area contributed by atoms with Gasteiger partial charge in [-0.2, -0.15) is 5.10 Å². The second kappa shape index (κ2) is 5.69. The van der Waals surface area contributed by atoms with Crippen molar-refractivity contribution >= 4 is 22.8 Å². The first-order valence-corrected chi connectivity index (χ1v) is 8.70. The lowest BCUT2D eigenvalue weighted by Crippen LogP contribution is -2.26. The lowest BCUT2D eigenvalue weighted by Gasteiger charge is -2.28. The van der Waals surface area contributed by atoms with E-state index in [1.54, 1.807) is 6.20 Å². The van der Waals surface area contributed by atoms with Crippen LogP contribution in [-0.2, 0) is 9.53 Å². The number of esters is 1. The van der Waals surface area contributed by atoms with Crippen LogP contribution in [0.4, 0.5) is 5.82 Å². The molecule has 0 amide bonds. The van der Waals surface area contributed by atoms with Crippen molar-refractivity contribution in [1.29, 1.82) is 0 Å². The van der Waals surface area contributed by atoms with Gasteiger partial charge in [0.05, 0.1) is 24.3 Å². The van der Waals surface area contributed by atoms with E-state index in [2.05, 4.69) is 25.8 Å². The molecule has 0 radical (unpaired) electrons. The summed E-state index contributed by atoms with van der Waals surface area (Å²) in [6.07, 6.45) is 3.84. The minimum absolute atomic E-state index is 0.313. The number of H-pyrrole nitrogens is 1. The maximum Gasteiger partial charge on any atom is 0.336 e. The predicted molar refractivity (Wildman–Crippen MR) is 92.2 cm³/mol. The highest BCUT2D eigenvalue weighted by Crippen LogP contribution is 2.48. The number of aromatic nitrogens is 4. The van der Waals surface area contributed by atoms with Crippen LogP contribution < -0.4 is 5.32 Å². The summed E-state index contributed by atoms with van der Waals surface area (Å²) in [6, 6.07) is 5.68. The molecule has 2 aliphatic rings. The number of benzene rings is 1. The Balaban J connectivity index is 1.76. The fourth-order valence-electron chi connectivity index (χ4n) is 3.64. The highest BCUT2D eigenvalue weighted by atomic mass is 16.6. The van der Waals surface area contributed by atoms with Crippen molar-refractivity contribution in [2.45, 2.75) is 25.7 Å². The predicted octanol–water partition coefficient (Wildman–Crippen LogP) is 2.73. The Hall–Kier alpha value is -3.16. The van der Waals surface area contributed by atoms with Crippen LogP contribution in [0.3, 0.4) is 0 Å². The topological polar surface area (TPSA) is 106 Å².